The molecule has 0 aromatic heterocycles. The van der Waals surface area contributed by atoms with Crippen LogP contribution in [0, 0.1) is 0 Å². The first-order valence-corrected chi connectivity index (χ1v) is 8.52. The first kappa shape index (κ1) is 8.28. The Morgan fingerprint density at radius 2 is 0.786 bits per heavy atom. The summed E-state index contributed by atoms with van der Waals surface area (Å²) in [7, 11) is 7.56. The molecule has 4 rings (SSSR count). The fraction of sp³-hybridized carbons (Fsp3) is 0. The summed E-state index contributed by atoms with van der Waals surface area (Å²) in [5.74, 6) is 0. The lowest BCUT2D eigenvalue weighted by atomic mass is 10.1. The van der Waals surface area contributed by atoms with E-state index in [1.165, 1.54) is 30.4 Å². The zero-order chi connectivity index (χ0) is 9.12. The Bertz CT molecular complexity index is 464. The summed E-state index contributed by atoms with van der Waals surface area (Å²) in [5.41, 5.74) is 0. The highest BCUT2D eigenvalue weighted by molar-refractivity contribution is 8.77. The lowest BCUT2D eigenvalue weighted by Crippen LogP contribution is -1.77. The molecule has 0 amide bonds. The second-order valence-corrected chi connectivity index (χ2v) is 7.63. The molecule has 0 radical (unpaired) electrons. The van der Waals surface area contributed by atoms with Crippen molar-refractivity contribution in [2.24, 2.45) is 0 Å². The van der Waals surface area contributed by atoms with E-state index in [0.717, 1.165) is 0 Å². The van der Waals surface area contributed by atoms with Gasteiger partial charge in [-0.15, -0.1) is 0 Å². The highest BCUT2D eigenvalue weighted by Gasteiger charge is 2.23. The van der Waals surface area contributed by atoms with Crippen LogP contribution in [0.25, 0.3) is 10.8 Å². The lowest BCUT2D eigenvalue weighted by molar-refractivity contribution is 1.36. The Hall–Kier alpha value is 0.100. The average molecular weight is 252 g/mol. The third kappa shape index (κ3) is 0.927. The highest BCUT2D eigenvalue weighted by Crippen LogP contribution is 2.59. The second-order valence-electron chi connectivity index (χ2n) is 3.21. The van der Waals surface area contributed by atoms with Gasteiger partial charge >= 0.3 is 0 Å². The van der Waals surface area contributed by atoms with Crippen molar-refractivity contribution < 1.29 is 0 Å². The van der Waals surface area contributed by atoms with Gasteiger partial charge in [-0.1, -0.05) is 43.2 Å². The first-order chi connectivity index (χ1) is 6.93. The van der Waals surface area contributed by atoms with Gasteiger partial charge in [-0.3, -0.25) is 0 Å². The molecule has 0 atom stereocenters. The van der Waals surface area contributed by atoms with Crippen molar-refractivity contribution in [2.45, 2.75) is 19.6 Å². The van der Waals surface area contributed by atoms with Gasteiger partial charge in [0.2, 0.25) is 0 Å². The van der Waals surface area contributed by atoms with Crippen LogP contribution in [-0.2, 0) is 0 Å². The number of hydrogen-bond acceptors (Lipinski definition) is 4. The zero-order valence-electron chi connectivity index (χ0n) is 6.94. The SMILES string of the molecule is c1cc2c3c(ccc4c3c1SS4)SS2. The van der Waals surface area contributed by atoms with Crippen molar-refractivity contribution in [1.82, 2.24) is 0 Å². The Morgan fingerprint density at radius 3 is 1.07 bits per heavy atom. The van der Waals surface area contributed by atoms with Crippen LogP contribution in [0.1, 0.15) is 0 Å². The van der Waals surface area contributed by atoms with Crippen molar-refractivity contribution >= 4 is 53.9 Å². The number of rotatable bonds is 0. The smallest absolute Gasteiger partial charge is 0.0277 e. The quantitative estimate of drug-likeness (QED) is 0.600. The normalized spacial score (nSPS) is 16.9. The van der Waals surface area contributed by atoms with Crippen LogP contribution >= 0.6 is 43.2 Å². The Labute approximate surface area is 97.4 Å². The number of benzene rings is 2. The van der Waals surface area contributed by atoms with Gasteiger partial charge in [0.25, 0.3) is 0 Å². The molecule has 0 fully saturated rings. The molecular formula is C10H4S4. The summed E-state index contributed by atoms with van der Waals surface area (Å²) in [6.45, 7) is 0. The molecule has 2 aromatic rings. The molecule has 2 aliphatic rings. The van der Waals surface area contributed by atoms with Crippen LogP contribution in [-0.4, -0.2) is 0 Å². The minimum absolute atomic E-state index is 1.44. The molecular weight excluding hydrogens is 248 g/mol. The molecule has 0 N–H and O–H groups in total. The summed E-state index contributed by atoms with van der Waals surface area (Å²) in [6, 6.07) is 9.03. The van der Waals surface area contributed by atoms with Gasteiger partial charge in [0, 0.05) is 30.4 Å². The summed E-state index contributed by atoms with van der Waals surface area (Å²) in [5, 5.41) is 2.99. The van der Waals surface area contributed by atoms with E-state index < -0.39 is 0 Å². The molecule has 2 heterocycles. The molecule has 0 spiro atoms. The standard InChI is InChI=1S/C10H4S4/c1-2-6-10-8(14-12-6)4-3-7-9(10)5(1)11-13-7/h1-4H. The van der Waals surface area contributed by atoms with Crippen LogP contribution in [0.15, 0.2) is 43.8 Å². The van der Waals surface area contributed by atoms with Crippen LogP contribution in [0.3, 0.4) is 0 Å². The number of hydrogen-bond donors (Lipinski definition) is 0. The minimum Gasteiger partial charge on any atom is -0.0518 e. The maximum Gasteiger partial charge on any atom is 0.0277 e. The fourth-order valence-electron chi connectivity index (χ4n) is 1.83. The molecule has 68 valence electrons. The van der Waals surface area contributed by atoms with Crippen LogP contribution in [0.4, 0.5) is 0 Å². The van der Waals surface area contributed by atoms with Crippen molar-refractivity contribution in [2.75, 3.05) is 0 Å². The Balaban J connectivity index is 2.34. The summed E-state index contributed by atoms with van der Waals surface area (Å²) >= 11 is 0. The molecule has 0 saturated heterocycles. The van der Waals surface area contributed by atoms with Gasteiger partial charge in [-0.05, 0) is 24.3 Å². The Morgan fingerprint density at radius 1 is 0.500 bits per heavy atom. The molecule has 0 unspecified atom stereocenters. The zero-order valence-corrected chi connectivity index (χ0v) is 10.2. The van der Waals surface area contributed by atoms with Crippen LogP contribution < -0.4 is 0 Å². The molecule has 2 aliphatic heterocycles. The van der Waals surface area contributed by atoms with Crippen LogP contribution in [0.2, 0.25) is 0 Å². The second kappa shape index (κ2) is 2.82. The summed E-state index contributed by atoms with van der Waals surface area (Å²) < 4.78 is 0. The minimum atomic E-state index is 1.44. The van der Waals surface area contributed by atoms with E-state index in [0.29, 0.717) is 0 Å². The maximum atomic E-state index is 2.26. The maximum absolute atomic E-state index is 2.26. The summed E-state index contributed by atoms with van der Waals surface area (Å²) in [4.78, 5) is 5.75. The molecule has 4 heteroatoms. The predicted octanol–water partition coefficient (Wildman–Crippen LogP) is 5.07. The molecule has 0 bridgehead atoms. The molecule has 0 aliphatic carbocycles. The largest absolute Gasteiger partial charge is 0.0518 e. The molecule has 14 heavy (non-hydrogen) atoms. The molecule has 0 nitrogen and oxygen atoms in total. The van der Waals surface area contributed by atoms with Gasteiger partial charge in [-0.25, -0.2) is 0 Å². The van der Waals surface area contributed by atoms with Gasteiger partial charge in [-0.2, -0.15) is 0 Å². The van der Waals surface area contributed by atoms with Gasteiger partial charge in [0.1, 0.15) is 0 Å². The van der Waals surface area contributed by atoms with Gasteiger partial charge < -0.3 is 0 Å². The van der Waals surface area contributed by atoms with Gasteiger partial charge in [0.05, 0.1) is 0 Å². The van der Waals surface area contributed by atoms with Crippen molar-refractivity contribution in [3.05, 3.63) is 24.3 Å². The Kier molecular flexibility index (Phi) is 1.66. The van der Waals surface area contributed by atoms with E-state index in [-0.39, 0.29) is 0 Å². The van der Waals surface area contributed by atoms with Crippen molar-refractivity contribution in [3.8, 4) is 0 Å². The third-order valence-electron chi connectivity index (χ3n) is 2.45. The predicted molar refractivity (Wildman–Crippen MR) is 67.4 cm³/mol. The topological polar surface area (TPSA) is 0 Å². The molecule has 0 saturated carbocycles. The van der Waals surface area contributed by atoms with Crippen molar-refractivity contribution in [1.29, 1.82) is 0 Å². The van der Waals surface area contributed by atoms with Crippen LogP contribution in [0.5, 0.6) is 0 Å². The first-order valence-electron chi connectivity index (χ1n) is 4.22. The monoisotopic (exact) mass is 252 g/mol. The molecule has 2 aromatic carbocycles. The van der Waals surface area contributed by atoms with E-state index in [2.05, 4.69) is 24.3 Å². The summed E-state index contributed by atoms with van der Waals surface area (Å²) in [6.07, 6.45) is 0. The highest BCUT2D eigenvalue weighted by atomic mass is 33.1. The van der Waals surface area contributed by atoms with E-state index in [4.69, 9.17) is 0 Å². The van der Waals surface area contributed by atoms with E-state index in [1.54, 1.807) is 0 Å². The van der Waals surface area contributed by atoms with E-state index in [1.807, 2.05) is 43.2 Å². The lowest BCUT2D eigenvalue weighted by Gasteiger charge is -2.00. The van der Waals surface area contributed by atoms with Crippen molar-refractivity contribution in [3.63, 3.8) is 0 Å². The average Bonchev–Trinajstić information content (AvgIpc) is 2.77. The third-order valence-corrected chi connectivity index (χ3v) is 7.35. The fourth-order valence-corrected chi connectivity index (χ4v) is 6.74. The van der Waals surface area contributed by atoms with Gasteiger partial charge in [0.15, 0.2) is 0 Å². The van der Waals surface area contributed by atoms with E-state index >= 15 is 0 Å². The van der Waals surface area contributed by atoms with E-state index in [9.17, 15) is 0 Å².